The third kappa shape index (κ3) is 4.12. The number of hydrogen-bond donors (Lipinski definition) is 2. The molecule has 0 unspecified atom stereocenters. The SMILES string of the molecule is COc1ccc(C(=O)N2CCC[C@@H]2C(=O)NO)cc1SC(F)(F)F. The molecule has 1 aliphatic rings. The Kier molecular flexibility index (Phi) is 5.60. The number of methoxy groups -OCH3 is 1. The number of hydrogen-bond acceptors (Lipinski definition) is 5. The number of hydroxylamine groups is 1. The summed E-state index contributed by atoms with van der Waals surface area (Å²) in [6.45, 7) is 0.282. The quantitative estimate of drug-likeness (QED) is 0.487. The minimum atomic E-state index is -4.53. The van der Waals surface area contributed by atoms with Gasteiger partial charge in [0.05, 0.1) is 12.0 Å². The van der Waals surface area contributed by atoms with Gasteiger partial charge in [0.1, 0.15) is 11.8 Å². The predicted octanol–water partition coefficient (Wildman–Crippen LogP) is 2.42. The van der Waals surface area contributed by atoms with Crippen LogP contribution < -0.4 is 10.2 Å². The van der Waals surface area contributed by atoms with E-state index in [-0.39, 0.29) is 34.5 Å². The Balaban J connectivity index is 2.29. The molecule has 2 rings (SSSR count). The van der Waals surface area contributed by atoms with E-state index in [1.54, 1.807) is 0 Å². The van der Waals surface area contributed by atoms with Gasteiger partial charge in [0.15, 0.2) is 0 Å². The first kappa shape index (κ1) is 18.4. The Bertz CT molecular complexity index is 639. The fourth-order valence-corrected chi connectivity index (χ4v) is 3.22. The zero-order valence-electron chi connectivity index (χ0n) is 12.6. The normalized spacial score (nSPS) is 17.7. The first-order valence-corrected chi connectivity index (χ1v) is 7.77. The van der Waals surface area contributed by atoms with Crippen molar-refractivity contribution in [2.45, 2.75) is 29.3 Å². The van der Waals surface area contributed by atoms with Gasteiger partial charge in [0, 0.05) is 12.1 Å². The van der Waals surface area contributed by atoms with Crippen molar-refractivity contribution < 1.29 is 32.7 Å². The van der Waals surface area contributed by atoms with Crippen LogP contribution in [0.4, 0.5) is 13.2 Å². The van der Waals surface area contributed by atoms with Crippen LogP contribution in [0.1, 0.15) is 23.2 Å². The van der Waals surface area contributed by atoms with E-state index in [4.69, 9.17) is 9.94 Å². The lowest BCUT2D eigenvalue weighted by molar-refractivity contribution is -0.133. The van der Waals surface area contributed by atoms with E-state index >= 15 is 0 Å². The maximum absolute atomic E-state index is 12.6. The van der Waals surface area contributed by atoms with Crippen LogP contribution in [0.3, 0.4) is 0 Å². The molecule has 24 heavy (non-hydrogen) atoms. The molecule has 0 aliphatic carbocycles. The van der Waals surface area contributed by atoms with Crippen LogP contribution in [0.15, 0.2) is 23.1 Å². The second kappa shape index (κ2) is 7.31. The zero-order chi connectivity index (χ0) is 17.9. The summed E-state index contributed by atoms with van der Waals surface area (Å²) in [6, 6.07) is 2.86. The molecule has 132 valence electrons. The van der Waals surface area contributed by atoms with Gasteiger partial charge in [-0.1, -0.05) is 0 Å². The zero-order valence-corrected chi connectivity index (χ0v) is 13.4. The lowest BCUT2D eigenvalue weighted by atomic mass is 10.1. The Morgan fingerprint density at radius 2 is 2.12 bits per heavy atom. The Morgan fingerprint density at radius 3 is 2.71 bits per heavy atom. The van der Waals surface area contributed by atoms with Gasteiger partial charge in [0.25, 0.3) is 11.8 Å². The summed E-state index contributed by atoms with van der Waals surface area (Å²) in [5.74, 6) is -1.30. The second-order valence-corrected chi connectivity index (χ2v) is 6.15. The highest BCUT2D eigenvalue weighted by atomic mass is 32.2. The molecule has 0 spiro atoms. The molecule has 1 aromatic rings. The van der Waals surface area contributed by atoms with Crippen LogP contribution in [-0.4, -0.2) is 47.1 Å². The van der Waals surface area contributed by atoms with Crippen LogP contribution >= 0.6 is 11.8 Å². The molecule has 1 fully saturated rings. The summed E-state index contributed by atoms with van der Waals surface area (Å²) in [5, 5.41) is 8.72. The van der Waals surface area contributed by atoms with Crippen molar-refractivity contribution in [3.8, 4) is 5.75 Å². The van der Waals surface area contributed by atoms with Gasteiger partial charge in [-0.15, -0.1) is 0 Å². The molecule has 0 saturated carbocycles. The van der Waals surface area contributed by atoms with Gasteiger partial charge < -0.3 is 9.64 Å². The van der Waals surface area contributed by atoms with E-state index < -0.39 is 23.4 Å². The number of likely N-dealkylation sites (tertiary alicyclic amines) is 1. The highest BCUT2D eigenvalue weighted by molar-refractivity contribution is 8.00. The third-order valence-electron chi connectivity index (χ3n) is 3.56. The van der Waals surface area contributed by atoms with Gasteiger partial charge in [-0.25, -0.2) is 5.48 Å². The lowest BCUT2D eigenvalue weighted by Gasteiger charge is -2.23. The monoisotopic (exact) mass is 364 g/mol. The van der Waals surface area contributed by atoms with E-state index in [9.17, 15) is 22.8 Å². The smallest absolute Gasteiger partial charge is 0.446 e. The summed E-state index contributed by atoms with van der Waals surface area (Å²) in [6.07, 6.45) is 0.933. The molecular formula is C14H15F3N2O4S. The van der Waals surface area contributed by atoms with Crippen LogP contribution in [-0.2, 0) is 4.79 Å². The highest BCUT2D eigenvalue weighted by Crippen LogP contribution is 2.42. The largest absolute Gasteiger partial charge is 0.496 e. The van der Waals surface area contributed by atoms with Crippen molar-refractivity contribution >= 4 is 23.6 Å². The fraction of sp³-hybridized carbons (Fsp3) is 0.429. The molecule has 1 atom stereocenters. The molecule has 10 heteroatoms. The molecule has 2 amide bonds. The van der Waals surface area contributed by atoms with E-state index in [2.05, 4.69) is 0 Å². The average molecular weight is 364 g/mol. The summed E-state index contributed by atoms with van der Waals surface area (Å²) in [4.78, 5) is 25.1. The van der Waals surface area contributed by atoms with E-state index in [0.717, 1.165) is 6.07 Å². The lowest BCUT2D eigenvalue weighted by Crippen LogP contribution is -2.45. The number of ether oxygens (including phenoxy) is 1. The molecule has 1 aliphatic heterocycles. The maximum Gasteiger partial charge on any atom is 0.446 e. The molecule has 2 N–H and O–H groups in total. The van der Waals surface area contributed by atoms with E-state index in [1.165, 1.54) is 29.6 Å². The van der Waals surface area contributed by atoms with E-state index in [0.29, 0.717) is 12.8 Å². The highest BCUT2D eigenvalue weighted by Gasteiger charge is 2.35. The number of carbonyl (C=O) groups is 2. The molecule has 1 heterocycles. The molecule has 6 nitrogen and oxygen atoms in total. The van der Waals surface area contributed by atoms with Gasteiger partial charge in [-0.3, -0.25) is 14.8 Å². The van der Waals surface area contributed by atoms with Crippen LogP contribution in [0.25, 0.3) is 0 Å². The predicted molar refractivity (Wildman–Crippen MR) is 78.9 cm³/mol. The summed E-state index contributed by atoms with van der Waals surface area (Å²) in [5.41, 5.74) is -3.01. The number of thioether (sulfide) groups is 1. The number of amides is 2. The first-order chi connectivity index (χ1) is 11.3. The first-order valence-electron chi connectivity index (χ1n) is 6.95. The van der Waals surface area contributed by atoms with Crippen molar-refractivity contribution in [2.75, 3.05) is 13.7 Å². The Hall–Kier alpha value is -1.94. The van der Waals surface area contributed by atoms with Gasteiger partial charge in [-0.2, -0.15) is 13.2 Å². The average Bonchev–Trinajstić information content (AvgIpc) is 3.01. The number of halogens is 3. The van der Waals surface area contributed by atoms with Crippen molar-refractivity contribution in [3.05, 3.63) is 23.8 Å². The number of rotatable bonds is 4. The Morgan fingerprint density at radius 1 is 1.42 bits per heavy atom. The fourth-order valence-electron chi connectivity index (χ4n) is 2.54. The number of carbonyl (C=O) groups excluding carboxylic acids is 2. The minimum Gasteiger partial charge on any atom is -0.496 e. The minimum absolute atomic E-state index is 0.0000480. The number of benzene rings is 1. The van der Waals surface area contributed by atoms with Gasteiger partial charge >= 0.3 is 5.51 Å². The van der Waals surface area contributed by atoms with Gasteiger partial charge in [-0.05, 0) is 42.8 Å². The van der Waals surface area contributed by atoms with Crippen molar-refractivity contribution in [2.24, 2.45) is 0 Å². The van der Waals surface area contributed by atoms with Crippen molar-refractivity contribution in [3.63, 3.8) is 0 Å². The van der Waals surface area contributed by atoms with Crippen LogP contribution in [0, 0.1) is 0 Å². The standard InChI is InChI=1S/C14H15F3N2O4S/c1-23-10-5-4-8(7-11(10)24-14(15,16)17)13(21)19-6-2-3-9(19)12(20)18-22/h4-5,7,9,22H,2-3,6H2,1H3,(H,18,20)/t9-/m1/s1. The summed E-state index contributed by atoms with van der Waals surface area (Å²) in [7, 11) is 1.24. The molecule has 1 saturated heterocycles. The topological polar surface area (TPSA) is 78.9 Å². The Labute approximate surface area is 139 Å². The third-order valence-corrected chi connectivity index (χ3v) is 4.33. The molecule has 0 radical (unpaired) electrons. The summed E-state index contributed by atoms with van der Waals surface area (Å²) >= 11 is -0.377. The second-order valence-electron chi connectivity index (χ2n) is 5.05. The molecule has 1 aromatic carbocycles. The number of nitrogens with zero attached hydrogens (tertiary/aromatic N) is 1. The molecule has 0 bridgehead atoms. The van der Waals surface area contributed by atoms with Crippen molar-refractivity contribution in [1.29, 1.82) is 0 Å². The number of alkyl halides is 3. The number of nitrogens with one attached hydrogen (secondary N) is 1. The van der Waals surface area contributed by atoms with Crippen LogP contribution in [0.2, 0.25) is 0 Å². The molecular weight excluding hydrogens is 349 g/mol. The maximum atomic E-state index is 12.6. The van der Waals surface area contributed by atoms with E-state index in [1.807, 2.05) is 0 Å². The van der Waals surface area contributed by atoms with Crippen LogP contribution in [0.5, 0.6) is 5.75 Å². The van der Waals surface area contributed by atoms with Crippen molar-refractivity contribution in [1.82, 2.24) is 10.4 Å². The summed E-state index contributed by atoms with van der Waals surface area (Å²) < 4.78 is 42.8. The molecule has 0 aromatic heterocycles. The van der Waals surface area contributed by atoms with Gasteiger partial charge in [0.2, 0.25) is 0 Å².